The van der Waals surface area contributed by atoms with Crippen LogP contribution < -0.4 is 0 Å². The summed E-state index contributed by atoms with van der Waals surface area (Å²) in [5.41, 5.74) is 8.06. The first-order valence-corrected chi connectivity index (χ1v) is 2.80. The quantitative estimate of drug-likeness (QED) is 0.277. The molecule has 0 N–H and O–H groups in total. The van der Waals surface area contributed by atoms with Crippen LogP contribution in [0, 0.1) is 0 Å². The van der Waals surface area contributed by atoms with Gasteiger partial charge in [0.25, 0.3) is 0 Å². The topological polar surface area (TPSA) is 67.6 Å². The molecule has 1 heterocycles. The number of nitrogens with zero attached hydrogens (tertiary/aromatic N) is 6. The molecule has 0 amide bonds. The molecule has 0 aromatic heterocycles. The van der Waals surface area contributed by atoms with Gasteiger partial charge in [-0.2, -0.15) is 5.10 Å². The van der Waals surface area contributed by atoms with Crippen LogP contribution >= 0.6 is 0 Å². The SMILES string of the molecule is CN1CN(C)C(N=[N+]=[N-])=N1. The Balaban J connectivity index is 2.74. The van der Waals surface area contributed by atoms with Crippen molar-refractivity contribution in [3.05, 3.63) is 10.4 Å². The summed E-state index contributed by atoms with van der Waals surface area (Å²) in [5, 5.41) is 8.98. The van der Waals surface area contributed by atoms with Crippen molar-refractivity contribution in [2.24, 2.45) is 10.2 Å². The highest BCUT2D eigenvalue weighted by molar-refractivity contribution is 5.81. The molecule has 1 rings (SSSR count). The lowest BCUT2D eigenvalue weighted by Crippen LogP contribution is -2.23. The highest BCUT2D eigenvalue weighted by Gasteiger charge is 2.13. The van der Waals surface area contributed by atoms with E-state index in [1.54, 1.807) is 9.91 Å². The molecule has 0 aliphatic carbocycles. The summed E-state index contributed by atoms with van der Waals surface area (Å²) in [6.45, 7) is 0.675. The highest BCUT2D eigenvalue weighted by Crippen LogP contribution is 2.02. The van der Waals surface area contributed by atoms with Crippen molar-refractivity contribution < 1.29 is 0 Å². The fourth-order valence-electron chi connectivity index (χ4n) is 0.767. The van der Waals surface area contributed by atoms with Crippen molar-refractivity contribution in [2.45, 2.75) is 0 Å². The van der Waals surface area contributed by atoms with E-state index in [2.05, 4.69) is 15.1 Å². The van der Waals surface area contributed by atoms with Crippen molar-refractivity contribution in [1.82, 2.24) is 9.91 Å². The summed E-state index contributed by atoms with van der Waals surface area (Å²) in [6.07, 6.45) is 0. The van der Waals surface area contributed by atoms with Crippen LogP contribution in [-0.4, -0.2) is 36.6 Å². The van der Waals surface area contributed by atoms with Gasteiger partial charge >= 0.3 is 0 Å². The van der Waals surface area contributed by atoms with Crippen LogP contribution in [-0.2, 0) is 0 Å². The van der Waals surface area contributed by atoms with Crippen LogP contribution in [0.2, 0.25) is 0 Å². The maximum absolute atomic E-state index is 8.06. The average molecular weight is 140 g/mol. The molecular formula is C4H8N6. The summed E-state index contributed by atoms with van der Waals surface area (Å²) >= 11 is 0. The molecule has 0 radical (unpaired) electrons. The number of azide groups is 1. The Morgan fingerprint density at radius 1 is 1.70 bits per heavy atom. The number of guanidine groups is 1. The van der Waals surface area contributed by atoms with E-state index in [0.717, 1.165) is 0 Å². The van der Waals surface area contributed by atoms with E-state index in [9.17, 15) is 0 Å². The van der Waals surface area contributed by atoms with Gasteiger partial charge < -0.3 is 4.90 Å². The highest BCUT2D eigenvalue weighted by atomic mass is 15.6. The van der Waals surface area contributed by atoms with Crippen molar-refractivity contribution in [1.29, 1.82) is 0 Å². The van der Waals surface area contributed by atoms with Crippen LogP contribution in [0.25, 0.3) is 10.4 Å². The third-order valence-electron chi connectivity index (χ3n) is 1.15. The van der Waals surface area contributed by atoms with Gasteiger partial charge in [-0.05, 0) is 10.6 Å². The minimum atomic E-state index is 0.421. The first-order chi connectivity index (χ1) is 4.74. The zero-order valence-corrected chi connectivity index (χ0v) is 5.89. The molecular weight excluding hydrogens is 132 g/mol. The van der Waals surface area contributed by atoms with Crippen molar-refractivity contribution in [2.75, 3.05) is 20.8 Å². The molecule has 0 fully saturated rings. The molecule has 0 spiro atoms. The van der Waals surface area contributed by atoms with E-state index in [4.69, 9.17) is 5.53 Å². The van der Waals surface area contributed by atoms with Crippen molar-refractivity contribution in [3.8, 4) is 0 Å². The summed E-state index contributed by atoms with van der Waals surface area (Å²) in [7, 11) is 3.63. The van der Waals surface area contributed by atoms with Crippen LogP contribution in [0.5, 0.6) is 0 Å². The lowest BCUT2D eigenvalue weighted by molar-refractivity contribution is 0.302. The van der Waals surface area contributed by atoms with E-state index in [-0.39, 0.29) is 0 Å². The van der Waals surface area contributed by atoms with Gasteiger partial charge in [-0.25, -0.2) is 0 Å². The first-order valence-electron chi connectivity index (χ1n) is 2.80. The average Bonchev–Trinajstić information content (AvgIpc) is 2.13. The molecule has 0 atom stereocenters. The summed E-state index contributed by atoms with van der Waals surface area (Å²) < 4.78 is 0. The number of hydrogen-bond acceptors (Lipinski definition) is 4. The zero-order chi connectivity index (χ0) is 7.56. The second-order valence-corrected chi connectivity index (χ2v) is 2.09. The predicted octanol–water partition coefficient (Wildman–Crippen LogP) is 0.402. The van der Waals surface area contributed by atoms with Crippen LogP contribution in [0.15, 0.2) is 10.2 Å². The largest absolute Gasteiger partial charge is 0.337 e. The van der Waals surface area contributed by atoms with E-state index in [1.807, 2.05) is 14.1 Å². The van der Waals surface area contributed by atoms with Gasteiger partial charge in [-0.15, -0.1) is 0 Å². The standard InChI is InChI=1S/C4H8N6/c1-9-3-10(2)7-4(9)6-8-5/h3H2,1-2H3. The maximum atomic E-state index is 8.06. The van der Waals surface area contributed by atoms with Gasteiger partial charge in [-0.1, -0.05) is 0 Å². The Kier molecular flexibility index (Phi) is 1.64. The Morgan fingerprint density at radius 3 is 2.80 bits per heavy atom. The lowest BCUT2D eigenvalue weighted by atomic mass is 10.8. The zero-order valence-electron chi connectivity index (χ0n) is 5.89. The van der Waals surface area contributed by atoms with E-state index in [1.165, 1.54) is 0 Å². The normalized spacial score (nSPS) is 16.8. The van der Waals surface area contributed by atoms with Gasteiger partial charge in [0.2, 0.25) is 5.96 Å². The van der Waals surface area contributed by atoms with Crippen LogP contribution in [0.3, 0.4) is 0 Å². The molecule has 1 aliphatic rings. The molecule has 1 aliphatic heterocycles. The molecule has 0 saturated carbocycles. The molecule has 0 unspecified atom stereocenters. The smallest absolute Gasteiger partial charge is 0.213 e. The molecule has 6 heteroatoms. The molecule has 54 valence electrons. The molecule has 10 heavy (non-hydrogen) atoms. The Labute approximate surface area is 58.3 Å². The van der Waals surface area contributed by atoms with Crippen molar-refractivity contribution >= 4 is 5.96 Å². The van der Waals surface area contributed by atoms with E-state index in [0.29, 0.717) is 12.6 Å². The van der Waals surface area contributed by atoms with Gasteiger partial charge in [0, 0.05) is 19.0 Å². The van der Waals surface area contributed by atoms with Gasteiger partial charge in [0.15, 0.2) is 0 Å². The second kappa shape index (κ2) is 2.45. The molecule has 0 aromatic rings. The Bertz CT molecular complexity index is 202. The fraction of sp³-hybridized carbons (Fsp3) is 0.750. The molecule has 0 bridgehead atoms. The molecule has 0 saturated heterocycles. The fourth-order valence-corrected chi connectivity index (χ4v) is 0.767. The summed E-state index contributed by atoms with van der Waals surface area (Å²) in [4.78, 5) is 4.39. The van der Waals surface area contributed by atoms with Gasteiger partial charge in [-0.3, -0.25) is 5.01 Å². The third kappa shape index (κ3) is 1.11. The minimum Gasteiger partial charge on any atom is -0.337 e. The van der Waals surface area contributed by atoms with Crippen LogP contribution in [0.1, 0.15) is 0 Å². The third-order valence-corrected chi connectivity index (χ3v) is 1.15. The monoisotopic (exact) mass is 140 g/mol. The predicted molar refractivity (Wildman–Crippen MR) is 37.0 cm³/mol. The number of hydrogen-bond donors (Lipinski definition) is 0. The first kappa shape index (κ1) is 6.70. The molecule has 6 nitrogen and oxygen atoms in total. The lowest BCUT2D eigenvalue weighted by Gasteiger charge is -2.09. The Hall–Kier alpha value is -1.42. The van der Waals surface area contributed by atoms with Crippen LogP contribution in [0.4, 0.5) is 0 Å². The van der Waals surface area contributed by atoms with E-state index < -0.39 is 0 Å². The van der Waals surface area contributed by atoms with E-state index >= 15 is 0 Å². The van der Waals surface area contributed by atoms with Gasteiger partial charge in [0.1, 0.15) is 6.67 Å². The molecule has 0 aromatic carbocycles. The Morgan fingerprint density at radius 2 is 2.40 bits per heavy atom. The van der Waals surface area contributed by atoms with Crippen molar-refractivity contribution in [3.63, 3.8) is 0 Å². The number of rotatable bonds is 0. The summed E-state index contributed by atoms with van der Waals surface area (Å²) in [6, 6.07) is 0. The number of hydrazone groups is 1. The second-order valence-electron chi connectivity index (χ2n) is 2.09. The minimum absolute atomic E-state index is 0.421. The summed E-state index contributed by atoms with van der Waals surface area (Å²) in [5.74, 6) is 0.421. The maximum Gasteiger partial charge on any atom is 0.213 e. The van der Waals surface area contributed by atoms with Gasteiger partial charge in [0.05, 0.1) is 0 Å².